The lowest BCUT2D eigenvalue weighted by Crippen LogP contribution is -2.28. The Hall–Kier alpha value is 0.120. The zero-order chi connectivity index (χ0) is 8.65. The minimum Gasteiger partial charge on any atom is -0.479 e. The molecule has 0 amide bonds. The average molecular weight is 272 g/mol. The van der Waals surface area contributed by atoms with Crippen LogP contribution in [-0.4, -0.2) is 27.1 Å². The smallest absolute Gasteiger partial charge is 0.335 e. The third-order valence-corrected chi connectivity index (χ3v) is 1.91. The molecule has 1 aliphatic heterocycles. The highest BCUT2D eigenvalue weighted by Gasteiger charge is 2.44. The van der Waals surface area contributed by atoms with Crippen LogP contribution in [0.4, 0.5) is 0 Å². The normalized spacial score (nSPS) is 44.3. The van der Waals surface area contributed by atoms with E-state index in [1.165, 1.54) is 0 Å². The minimum atomic E-state index is -0.974. The van der Waals surface area contributed by atoms with Crippen LogP contribution in [0.25, 0.3) is 0 Å². The second-order valence-corrected chi connectivity index (χ2v) is 4.49. The van der Waals surface area contributed by atoms with E-state index in [2.05, 4.69) is 0 Å². The molecule has 64 valence electrons. The number of alkyl halides is 1. The minimum absolute atomic E-state index is 0.380. The lowest BCUT2D eigenvalue weighted by molar-refractivity contribution is -0.150. The number of rotatable bonds is 1. The van der Waals surface area contributed by atoms with Gasteiger partial charge in [-0.3, -0.25) is 0 Å². The summed E-state index contributed by atoms with van der Waals surface area (Å²) in [5.41, 5.74) is 0. The fraction of sp³-hybridized carbons (Fsp3) is 0.833. The zero-order valence-electron chi connectivity index (χ0n) is 6.20. The van der Waals surface area contributed by atoms with Crippen LogP contribution in [0, 0.1) is 0 Å². The first kappa shape index (κ1) is 9.21. The number of carboxylic acids is 1. The van der Waals surface area contributed by atoms with E-state index >= 15 is 0 Å². The Morgan fingerprint density at radius 2 is 2.18 bits per heavy atom. The Morgan fingerprint density at radius 1 is 1.64 bits per heavy atom. The SMILES string of the molecule is C[C@@H]1OC(C)(I)OC1C(=O)O. The van der Waals surface area contributed by atoms with Crippen LogP contribution in [-0.2, 0) is 14.3 Å². The van der Waals surface area contributed by atoms with Gasteiger partial charge in [0.1, 0.15) is 0 Å². The average Bonchev–Trinajstić information content (AvgIpc) is 2.05. The van der Waals surface area contributed by atoms with Gasteiger partial charge in [0.2, 0.25) is 3.79 Å². The fourth-order valence-corrected chi connectivity index (χ4v) is 1.67. The molecule has 1 fully saturated rings. The van der Waals surface area contributed by atoms with Gasteiger partial charge in [-0.15, -0.1) is 0 Å². The van der Waals surface area contributed by atoms with Gasteiger partial charge >= 0.3 is 5.97 Å². The van der Waals surface area contributed by atoms with E-state index in [-0.39, 0.29) is 6.10 Å². The lowest BCUT2D eigenvalue weighted by Gasteiger charge is -2.12. The van der Waals surface area contributed by atoms with Crippen molar-refractivity contribution < 1.29 is 19.4 Å². The van der Waals surface area contributed by atoms with Gasteiger partial charge < -0.3 is 14.6 Å². The van der Waals surface area contributed by atoms with Crippen LogP contribution in [0.1, 0.15) is 13.8 Å². The van der Waals surface area contributed by atoms with Crippen molar-refractivity contribution in [2.24, 2.45) is 0 Å². The van der Waals surface area contributed by atoms with Crippen molar-refractivity contribution in [1.82, 2.24) is 0 Å². The van der Waals surface area contributed by atoms with Crippen LogP contribution in [0.2, 0.25) is 0 Å². The van der Waals surface area contributed by atoms with Gasteiger partial charge in [-0.25, -0.2) is 4.79 Å². The molecule has 1 aliphatic rings. The summed E-state index contributed by atoms with van der Waals surface area (Å²) in [6.45, 7) is 3.37. The summed E-state index contributed by atoms with van der Waals surface area (Å²) in [6, 6.07) is 0. The Kier molecular flexibility index (Phi) is 2.40. The van der Waals surface area contributed by atoms with Crippen molar-refractivity contribution in [1.29, 1.82) is 0 Å². The number of halogens is 1. The fourth-order valence-electron chi connectivity index (χ4n) is 0.995. The Bertz CT molecular complexity index is 179. The molecule has 0 aromatic heterocycles. The van der Waals surface area contributed by atoms with Gasteiger partial charge in [0.15, 0.2) is 6.10 Å². The molecule has 0 aromatic rings. The summed E-state index contributed by atoms with van der Waals surface area (Å²) in [5, 5.41) is 8.61. The number of hydrogen-bond acceptors (Lipinski definition) is 3. The molecule has 5 heteroatoms. The molecular weight excluding hydrogens is 263 g/mol. The molecule has 1 rings (SSSR count). The molecule has 3 atom stereocenters. The second-order valence-electron chi connectivity index (χ2n) is 2.53. The van der Waals surface area contributed by atoms with Gasteiger partial charge in [0, 0.05) is 0 Å². The molecule has 0 saturated carbocycles. The van der Waals surface area contributed by atoms with Crippen molar-refractivity contribution in [2.45, 2.75) is 29.8 Å². The van der Waals surface area contributed by atoms with Crippen LogP contribution in [0.15, 0.2) is 0 Å². The standard InChI is InChI=1S/C6H9IO4/c1-3-4(5(8)9)11-6(2,7)10-3/h3-4H,1-2H3,(H,8,9)/t3-,4?,6?/m0/s1. The van der Waals surface area contributed by atoms with Gasteiger partial charge in [0.05, 0.1) is 6.10 Å². The van der Waals surface area contributed by atoms with Crippen molar-refractivity contribution >= 4 is 28.6 Å². The van der Waals surface area contributed by atoms with E-state index in [1.807, 2.05) is 22.6 Å². The predicted octanol–water partition coefficient (Wildman–Crippen LogP) is 0.984. The number of carboxylic acid groups (broad SMARTS) is 1. The summed E-state index contributed by atoms with van der Waals surface area (Å²) >= 11 is 1.92. The van der Waals surface area contributed by atoms with Crippen LogP contribution in [0.3, 0.4) is 0 Å². The molecule has 1 N–H and O–H groups in total. The van der Waals surface area contributed by atoms with Gasteiger partial charge in [0.25, 0.3) is 0 Å². The number of aliphatic carboxylic acids is 1. The van der Waals surface area contributed by atoms with Crippen molar-refractivity contribution in [3.8, 4) is 0 Å². The summed E-state index contributed by atoms with van der Waals surface area (Å²) in [4.78, 5) is 10.5. The summed E-state index contributed by atoms with van der Waals surface area (Å²) in [5.74, 6) is -0.974. The van der Waals surface area contributed by atoms with Crippen molar-refractivity contribution in [3.63, 3.8) is 0 Å². The molecule has 0 aliphatic carbocycles. The molecule has 1 saturated heterocycles. The molecule has 0 aromatic carbocycles. The molecule has 0 spiro atoms. The molecule has 2 unspecified atom stereocenters. The predicted molar refractivity (Wildman–Crippen MR) is 45.5 cm³/mol. The Morgan fingerprint density at radius 3 is 2.36 bits per heavy atom. The van der Waals surface area contributed by atoms with E-state index in [0.717, 1.165) is 0 Å². The Balaban J connectivity index is 2.66. The number of ether oxygens (including phenoxy) is 2. The van der Waals surface area contributed by atoms with Crippen molar-refractivity contribution in [3.05, 3.63) is 0 Å². The number of hydrogen-bond donors (Lipinski definition) is 1. The zero-order valence-corrected chi connectivity index (χ0v) is 8.36. The van der Waals surface area contributed by atoms with Gasteiger partial charge in [-0.05, 0) is 36.4 Å². The first-order chi connectivity index (χ1) is 4.92. The molecule has 4 nitrogen and oxygen atoms in total. The largest absolute Gasteiger partial charge is 0.479 e. The first-order valence-corrected chi connectivity index (χ1v) is 4.27. The molecule has 0 radical (unpaired) electrons. The van der Waals surface area contributed by atoms with Crippen LogP contribution in [0.5, 0.6) is 0 Å². The maximum absolute atomic E-state index is 10.5. The molecule has 0 bridgehead atoms. The van der Waals surface area contributed by atoms with E-state index in [1.54, 1.807) is 13.8 Å². The molecule has 11 heavy (non-hydrogen) atoms. The van der Waals surface area contributed by atoms with E-state index in [0.29, 0.717) is 0 Å². The number of carbonyl (C=O) groups is 1. The maximum atomic E-state index is 10.5. The lowest BCUT2D eigenvalue weighted by atomic mass is 10.2. The quantitative estimate of drug-likeness (QED) is 0.571. The van der Waals surface area contributed by atoms with Crippen LogP contribution < -0.4 is 0 Å². The van der Waals surface area contributed by atoms with E-state index in [4.69, 9.17) is 14.6 Å². The second kappa shape index (κ2) is 2.87. The topological polar surface area (TPSA) is 55.8 Å². The van der Waals surface area contributed by atoms with Crippen molar-refractivity contribution in [2.75, 3.05) is 0 Å². The molecular formula is C6H9IO4. The van der Waals surface area contributed by atoms with Gasteiger partial charge in [-0.2, -0.15) is 0 Å². The third-order valence-electron chi connectivity index (χ3n) is 1.40. The Labute approximate surface area is 78.0 Å². The highest BCUT2D eigenvalue weighted by atomic mass is 127. The van der Waals surface area contributed by atoms with E-state index < -0.39 is 15.9 Å². The molecule has 1 heterocycles. The highest BCUT2D eigenvalue weighted by Crippen LogP contribution is 2.33. The van der Waals surface area contributed by atoms with Gasteiger partial charge in [-0.1, -0.05) is 0 Å². The monoisotopic (exact) mass is 272 g/mol. The van der Waals surface area contributed by atoms with E-state index in [9.17, 15) is 4.79 Å². The summed E-state index contributed by atoms with van der Waals surface area (Å²) in [7, 11) is 0. The third kappa shape index (κ3) is 2.03. The summed E-state index contributed by atoms with van der Waals surface area (Å²) in [6.07, 6.45) is -1.22. The highest BCUT2D eigenvalue weighted by molar-refractivity contribution is 14.1. The van der Waals surface area contributed by atoms with Crippen LogP contribution >= 0.6 is 22.6 Å². The summed E-state index contributed by atoms with van der Waals surface area (Å²) < 4.78 is 9.50. The first-order valence-electron chi connectivity index (χ1n) is 3.20. The maximum Gasteiger partial charge on any atom is 0.335 e.